The highest BCUT2D eigenvalue weighted by Crippen LogP contribution is 2.33. The molecule has 1 saturated heterocycles. The fourth-order valence-corrected chi connectivity index (χ4v) is 3.13. The van der Waals surface area contributed by atoms with Crippen LogP contribution in [0.2, 0.25) is 0 Å². The Bertz CT molecular complexity index is 555. The van der Waals surface area contributed by atoms with Gasteiger partial charge in [0, 0.05) is 19.2 Å². The van der Waals surface area contributed by atoms with Crippen LogP contribution >= 0.6 is 0 Å². The van der Waals surface area contributed by atoms with Crippen LogP contribution in [0.1, 0.15) is 44.7 Å². The number of carbonyl (C=O) groups is 1. The molecule has 2 N–H and O–H groups in total. The fourth-order valence-electron chi connectivity index (χ4n) is 3.13. The zero-order chi connectivity index (χ0) is 16.2. The van der Waals surface area contributed by atoms with Crippen LogP contribution < -0.4 is 15.4 Å². The molecular formula is C18H26N2O3. The van der Waals surface area contributed by atoms with Crippen molar-refractivity contribution in [2.75, 3.05) is 25.1 Å². The Kier molecular flexibility index (Phi) is 5.18. The quantitative estimate of drug-likeness (QED) is 0.876. The predicted molar refractivity (Wildman–Crippen MR) is 89.7 cm³/mol. The molecule has 0 radical (unpaired) electrons. The van der Waals surface area contributed by atoms with Gasteiger partial charge in [0.05, 0.1) is 12.3 Å². The van der Waals surface area contributed by atoms with Crippen molar-refractivity contribution < 1.29 is 14.3 Å². The van der Waals surface area contributed by atoms with Gasteiger partial charge >= 0.3 is 0 Å². The van der Waals surface area contributed by atoms with E-state index in [-0.39, 0.29) is 18.1 Å². The van der Waals surface area contributed by atoms with E-state index in [0.717, 1.165) is 37.6 Å². The minimum absolute atomic E-state index is 0.0591. The van der Waals surface area contributed by atoms with Crippen molar-refractivity contribution in [3.8, 4) is 5.75 Å². The molecule has 0 aromatic heterocycles. The Morgan fingerprint density at radius 1 is 1.43 bits per heavy atom. The molecule has 1 amide bonds. The van der Waals surface area contributed by atoms with E-state index in [1.165, 1.54) is 12.0 Å². The summed E-state index contributed by atoms with van der Waals surface area (Å²) in [6, 6.07) is 6.25. The fraction of sp³-hybridized carbons (Fsp3) is 0.611. The van der Waals surface area contributed by atoms with E-state index in [1.54, 1.807) is 0 Å². The number of anilines is 1. The third-order valence-corrected chi connectivity index (χ3v) is 4.66. The summed E-state index contributed by atoms with van der Waals surface area (Å²) in [4.78, 5) is 11.8. The molecule has 1 aromatic carbocycles. The first-order valence-electron chi connectivity index (χ1n) is 8.60. The summed E-state index contributed by atoms with van der Waals surface area (Å²) in [6.45, 7) is 6.84. The molecule has 5 heteroatoms. The number of benzene rings is 1. The first kappa shape index (κ1) is 16.3. The highest BCUT2D eigenvalue weighted by Gasteiger charge is 2.26. The number of nitrogens with one attached hydrogen (secondary N) is 2. The molecule has 1 fully saturated rings. The Balaban J connectivity index is 1.62. The first-order chi connectivity index (χ1) is 11.2. The van der Waals surface area contributed by atoms with Crippen molar-refractivity contribution in [2.45, 2.75) is 45.3 Å². The Labute approximate surface area is 137 Å². The maximum absolute atomic E-state index is 11.8. The molecule has 0 aliphatic carbocycles. The van der Waals surface area contributed by atoms with Gasteiger partial charge in [-0.1, -0.05) is 13.0 Å². The molecule has 0 bridgehead atoms. The maximum Gasteiger partial charge on any atom is 0.265 e. The average Bonchev–Trinajstić information content (AvgIpc) is 2.59. The van der Waals surface area contributed by atoms with Crippen molar-refractivity contribution in [3.63, 3.8) is 0 Å². The molecule has 2 aliphatic rings. The molecule has 0 unspecified atom stereocenters. The number of hydrogen-bond donors (Lipinski definition) is 2. The van der Waals surface area contributed by atoms with Crippen LogP contribution in [0.4, 0.5) is 5.69 Å². The molecule has 0 spiro atoms. The van der Waals surface area contributed by atoms with Crippen LogP contribution in [0.15, 0.2) is 18.2 Å². The van der Waals surface area contributed by atoms with Gasteiger partial charge < -0.3 is 20.1 Å². The molecule has 2 heterocycles. The lowest BCUT2D eigenvalue weighted by molar-refractivity contribution is -0.123. The number of amides is 1. The topological polar surface area (TPSA) is 59.6 Å². The molecule has 3 rings (SSSR count). The molecule has 3 atom stereocenters. The first-order valence-corrected chi connectivity index (χ1v) is 8.60. The highest BCUT2D eigenvalue weighted by atomic mass is 16.5. The molecule has 0 saturated carbocycles. The van der Waals surface area contributed by atoms with Crippen molar-refractivity contribution >= 4 is 11.6 Å². The lowest BCUT2D eigenvalue weighted by atomic mass is 10.0. The number of fused-ring (bicyclic) bond motifs is 1. The van der Waals surface area contributed by atoms with Crippen LogP contribution in [0.3, 0.4) is 0 Å². The zero-order valence-corrected chi connectivity index (χ0v) is 13.9. The van der Waals surface area contributed by atoms with Crippen LogP contribution in [0.25, 0.3) is 0 Å². The van der Waals surface area contributed by atoms with E-state index in [4.69, 9.17) is 9.47 Å². The summed E-state index contributed by atoms with van der Waals surface area (Å²) in [7, 11) is 0. The minimum atomic E-state index is -0.389. The van der Waals surface area contributed by atoms with Crippen molar-refractivity contribution in [3.05, 3.63) is 23.8 Å². The third-order valence-electron chi connectivity index (χ3n) is 4.66. The van der Waals surface area contributed by atoms with E-state index >= 15 is 0 Å². The Hall–Kier alpha value is -1.59. The number of carbonyl (C=O) groups excluding carboxylic acids is 1. The van der Waals surface area contributed by atoms with E-state index in [2.05, 4.69) is 17.6 Å². The second-order valence-corrected chi connectivity index (χ2v) is 6.47. The lowest BCUT2D eigenvalue weighted by Crippen LogP contribution is -2.36. The van der Waals surface area contributed by atoms with Gasteiger partial charge in [-0.25, -0.2) is 0 Å². The largest absolute Gasteiger partial charge is 0.478 e. The van der Waals surface area contributed by atoms with Gasteiger partial charge in [-0.2, -0.15) is 0 Å². The normalized spacial score (nSPS) is 25.2. The van der Waals surface area contributed by atoms with Crippen LogP contribution in [-0.4, -0.2) is 31.8 Å². The third kappa shape index (κ3) is 3.85. The van der Waals surface area contributed by atoms with Crippen molar-refractivity contribution in [1.29, 1.82) is 0 Å². The standard InChI is InChI=1S/C18H26N2O3/c1-3-16-18(21)20-15-7-6-14(9-17(15)23-16)12(2)19-10-13-5-4-8-22-11-13/h6-7,9,12-13,16,19H,3-5,8,10-11H2,1-2H3,(H,20,21)/t12-,13-,16-/m0/s1. The second-order valence-electron chi connectivity index (χ2n) is 6.47. The summed E-state index contributed by atoms with van der Waals surface area (Å²) >= 11 is 0. The number of rotatable bonds is 5. The van der Waals surface area contributed by atoms with Gasteiger partial charge in [-0.3, -0.25) is 4.79 Å². The zero-order valence-electron chi connectivity index (χ0n) is 13.9. The van der Waals surface area contributed by atoms with Crippen LogP contribution in [0.5, 0.6) is 5.75 Å². The van der Waals surface area contributed by atoms with Gasteiger partial charge in [0.1, 0.15) is 5.75 Å². The van der Waals surface area contributed by atoms with Gasteiger partial charge in [-0.05, 0) is 49.8 Å². The van der Waals surface area contributed by atoms with Crippen molar-refractivity contribution in [2.24, 2.45) is 5.92 Å². The molecule has 1 aromatic rings. The summed E-state index contributed by atoms with van der Waals surface area (Å²) in [5.74, 6) is 1.31. The van der Waals surface area contributed by atoms with E-state index in [1.807, 2.05) is 25.1 Å². The van der Waals surface area contributed by atoms with Crippen LogP contribution in [-0.2, 0) is 9.53 Å². The van der Waals surface area contributed by atoms with Gasteiger partial charge in [0.25, 0.3) is 5.91 Å². The summed E-state index contributed by atoms with van der Waals surface area (Å²) in [5, 5.41) is 6.50. The molecule has 126 valence electrons. The van der Waals surface area contributed by atoms with Crippen molar-refractivity contribution in [1.82, 2.24) is 5.32 Å². The molecule has 2 aliphatic heterocycles. The monoisotopic (exact) mass is 318 g/mol. The summed E-state index contributed by atoms with van der Waals surface area (Å²) in [6.07, 6.45) is 2.67. The van der Waals surface area contributed by atoms with Crippen LogP contribution in [0, 0.1) is 5.92 Å². The van der Waals surface area contributed by atoms with E-state index in [9.17, 15) is 4.79 Å². The Morgan fingerprint density at radius 3 is 3.04 bits per heavy atom. The second kappa shape index (κ2) is 7.32. The Morgan fingerprint density at radius 2 is 2.30 bits per heavy atom. The molecular weight excluding hydrogens is 292 g/mol. The van der Waals surface area contributed by atoms with Gasteiger partial charge in [0.2, 0.25) is 0 Å². The molecule has 23 heavy (non-hydrogen) atoms. The van der Waals surface area contributed by atoms with E-state index < -0.39 is 0 Å². The smallest absolute Gasteiger partial charge is 0.265 e. The van der Waals surface area contributed by atoms with E-state index in [0.29, 0.717) is 12.3 Å². The maximum atomic E-state index is 11.8. The summed E-state index contributed by atoms with van der Waals surface area (Å²) < 4.78 is 11.3. The minimum Gasteiger partial charge on any atom is -0.478 e. The number of ether oxygens (including phenoxy) is 2. The highest BCUT2D eigenvalue weighted by molar-refractivity contribution is 5.97. The van der Waals surface area contributed by atoms with Gasteiger partial charge in [0.15, 0.2) is 6.10 Å². The lowest BCUT2D eigenvalue weighted by Gasteiger charge is -2.27. The predicted octanol–water partition coefficient (Wildman–Crippen LogP) is 2.87. The SMILES string of the molecule is CC[C@@H]1Oc2cc([C@H](C)NC[C@@H]3CCCOC3)ccc2NC1=O. The molecule has 5 nitrogen and oxygen atoms in total. The van der Waals surface area contributed by atoms with Gasteiger partial charge in [-0.15, -0.1) is 0 Å². The average molecular weight is 318 g/mol. The summed E-state index contributed by atoms with van der Waals surface area (Å²) in [5.41, 5.74) is 1.93. The number of hydrogen-bond acceptors (Lipinski definition) is 4.